The van der Waals surface area contributed by atoms with Gasteiger partial charge < -0.3 is 10.0 Å². The third-order valence-corrected chi connectivity index (χ3v) is 4.36. The number of rotatable bonds is 3. The number of anilines is 1. The van der Waals surface area contributed by atoms with E-state index in [1.54, 1.807) is 19.1 Å². The summed E-state index contributed by atoms with van der Waals surface area (Å²) in [5, 5.41) is 20.9. The largest absolute Gasteiger partial charge is 0.389 e. The fraction of sp³-hybridized carbons (Fsp3) is 0.600. The Labute approximate surface area is 119 Å². The topological polar surface area (TPSA) is 66.6 Å². The maximum Gasteiger partial charge on any atom is 0.292 e. The Balaban J connectivity index is 2.42. The summed E-state index contributed by atoms with van der Waals surface area (Å²) in [6.07, 6.45) is 1.53. The summed E-state index contributed by atoms with van der Waals surface area (Å²) in [4.78, 5) is 13.1. The maximum atomic E-state index is 11.3. The van der Waals surface area contributed by atoms with Crippen LogP contribution in [0, 0.1) is 16.0 Å². The van der Waals surface area contributed by atoms with Gasteiger partial charge in [-0.1, -0.05) is 13.0 Å². The molecule has 2 rings (SSSR count). The minimum absolute atomic E-state index is 0.0874. The summed E-state index contributed by atoms with van der Waals surface area (Å²) in [6, 6.07) is 5.33. The van der Waals surface area contributed by atoms with Crippen molar-refractivity contribution < 1.29 is 10.0 Å². The van der Waals surface area contributed by atoms with Crippen molar-refractivity contribution in [1.29, 1.82) is 0 Å². The molecule has 1 aromatic rings. The van der Waals surface area contributed by atoms with Gasteiger partial charge in [0.05, 0.1) is 11.0 Å². The molecule has 1 aliphatic heterocycles. The number of aliphatic hydroxyl groups excluding tert-OH is 1. The van der Waals surface area contributed by atoms with Crippen molar-refractivity contribution in [3.63, 3.8) is 0 Å². The molecule has 1 heterocycles. The molecule has 0 radical (unpaired) electrons. The van der Waals surface area contributed by atoms with E-state index in [4.69, 9.17) is 0 Å². The smallest absolute Gasteiger partial charge is 0.292 e. The second-order valence-corrected chi connectivity index (χ2v) is 5.73. The van der Waals surface area contributed by atoms with Crippen LogP contribution in [0.1, 0.15) is 45.3 Å². The van der Waals surface area contributed by atoms with Crippen molar-refractivity contribution in [2.45, 2.75) is 45.8 Å². The molecule has 1 fully saturated rings. The molecule has 0 amide bonds. The van der Waals surface area contributed by atoms with Crippen molar-refractivity contribution in [3.05, 3.63) is 33.9 Å². The Morgan fingerprint density at radius 2 is 2.15 bits per heavy atom. The van der Waals surface area contributed by atoms with E-state index in [1.165, 1.54) is 6.07 Å². The van der Waals surface area contributed by atoms with Gasteiger partial charge in [-0.15, -0.1) is 0 Å². The highest BCUT2D eigenvalue weighted by Gasteiger charge is 2.29. The number of hydrogen-bond acceptors (Lipinski definition) is 4. The van der Waals surface area contributed by atoms with Crippen LogP contribution in [0.2, 0.25) is 0 Å². The molecule has 0 spiro atoms. The zero-order valence-electron chi connectivity index (χ0n) is 12.2. The lowest BCUT2D eigenvalue weighted by Crippen LogP contribution is -2.42. The molecule has 20 heavy (non-hydrogen) atoms. The predicted molar refractivity (Wildman–Crippen MR) is 78.9 cm³/mol. The quantitative estimate of drug-likeness (QED) is 0.680. The van der Waals surface area contributed by atoms with Crippen LogP contribution < -0.4 is 4.90 Å². The van der Waals surface area contributed by atoms with Crippen molar-refractivity contribution in [3.8, 4) is 0 Å². The third kappa shape index (κ3) is 2.77. The van der Waals surface area contributed by atoms with E-state index in [2.05, 4.69) is 18.7 Å². The fourth-order valence-corrected chi connectivity index (χ4v) is 2.86. The van der Waals surface area contributed by atoms with Gasteiger partial charge in [-0.2, -0.15) is 0 Å². The van der Waals surface area contributed by atoms with Crippen LogP contribution in [0.15, 0.2) is 18.2 Å². The van der Waals surface area contributed by atoms with Gasteiger partial charge in [-0.05, 0) is 44.2 Å². The third-order valence-electron chi connectivity index (χ3n) is 4.36. The van der Waals surface area contributed by atoms with Crippen LogP contribution in [0.5, 0.6) is 0 Å². The number of piperidine rings is 1. The zero-order valence-corrected chi connectivity index (χ0v) is 12.2. The van der Waals surface area contributed by atoms with Crippen molar-refractivity contribution in [2.24, 2.45) is 5.92 Å². The molecule has 0 aromatic heterocycles. The Bertz CT molecular complexity index is 502. The summed E-state index contributed by atoms with van der Waals surface area (Å²) in [5.41, 5.74) is 1.33. The van der Waals surface area contributed by atoms with Crippen molar-refractivity contribution >= 4 is 11.4 Å². The predicted octanol–water partition coefficient (Wildman–Crippen LogP) is 3.27. The van der Waals surface area contributed by atoms with Crippen LogP contribution in [0.3, 0.4) is 0 Å². The number of nitro groups is 1. The first kappa shape index (κ1) is 14.8. The molecule has 2 unspecified atom stereocenters. The van der Waals surface area contributed by atoms with E-state index in [0.717, 1.165) is 19.4 Å². The lowest BCUT2D eigenvalue weighted by atomic mass is 9.91. The van der Waals surface area contributed by atoms with Gasteiger partial charge in [0.1, 0.15) is 5.69 Å². The van der Waals surface area contributed by atoms with E-state index < -0.39 is 6.10 Å². The Hall–Kier alpha value is -1.62. The van der Waals surface area contributed by atoms with Gasteiger partial charge >= 0.3 is 0 Å². The molecule has 0 bridgehead atoms. The Morgan fingerprint density at radius 3 is 2.75 bits per heavy atom. The average molecular weight is 278 g/mol. The summed E-state index contributed by atoms with van der Waals surface area (Å²) < 4.78 is 0. The standard InChI is InChI=1S/C15H22N2O3/c1-10-5-4-8-16(11(10)2)14-7-6-13(12(3)18)9-15(14)17(19)20/h6-7,9-12,18H,4-5,8H2,1-3H3/t10?,11?,12-/m0/s1. The minimum atomic E-state index is -0.694. The van der Waals surface area contributed by atoms with Gasteiger partial charge in [-0.25, -0.2) is 0 Å². The van der Waals surface area contributed by atoms with Crippen LogP contribution in [-0.2, 0) is 0 Å². The Morgan fingerprint density at radius 1 is 1.45 bits per heavy atom. The second kappa shape index (κ2) is 5.79. The normalized spacial score (nSPS) is 24.5. The lowest BCUT2D eigenvalue weighted by Gasteiger charge is -2.39. The summed E-state index contributed by atoms with van der Waals surface area (Å²) in [5.74, 6) is 0.528. The lowest BCUT2D eigenvalue weighted by molar-refractivity contribution is -0.384. The molecule has 5 heteroatoms. The molecule has 1 saturated heterocycles. The molecule has 110 valence electrons. The van der Waals surface area contributed by atoms with E-state index >= 15 is 0 Å². The number of hydrogen-bond donors (Lipinski definition) is 1. The number of nitro benzene ring substituents is 1. The summed E-state index contributed by atoms with van der Waals surface area (Å²) in [6.45, 7) is 6.77. The van der Waals surface area contributed by atoms with Crippen LogP contribution in [0.25, 0.3) is 0 Å². The molecule has 1 N–H and O–H groups in total. The Kier molecular flexibility index (Phi) is 4.28. The van der Waals surface area contributed by atoms with E-state index in [9.17, 15) is 15.2 Å². The number of benzene rings is 1. The van der Waals surface area contributed by atoms with Gasteiger partial charge in [0, 0.05) is 18.7 Å². The summed E-state index contributed by atoms with van der Waals surface area (Å²) in [7, 11) is 0. The monoisotopic (exact) mass is 278 g/mol. The minimum Gasteiger partial charge on any atom is -0.389 e. The molecule has 5 nitrogen and oxygen atoms in total. The highest BCUT2D eigenvalue weighted by molar-refractivity contribution is 5.65. The first-order valence-electron chi connectivity index (χ1n) is 7.15. The van der Waals surface area contributed by atoms with Crippen molar-refractivity contribution in [1.82, 2.24) is 0 Å². The SMILES string of the molecule is CC1CCCN(c2ccc([C@H](C)O)cc2[N+](=O)[O-])C1C. The molecular weight excluding hydrogens is 256 g/mol. The molecule has 0 saturated carbocycles. The fourth-order valence-electron chi connectivity index (χ4n) is 2.86. The van der Waals surface area contributed by atoms with Crippen LogP contribution in [0.4, 0.5) is 11.4 Å². The van der Waals surface area contributed by atoms with Crippen molar-refractivity contribution in [2.75, 3.05) is 11.4 Å². The van der Waals surface area contributed by atoms with E-state index in [0.29, 0.717) is 23.2 Å². The van der Waals surface area contributed by atoms with Gasteiger partial charge in [0.25, 0.3) is 5.69 Å². The highest BCUT2D eigenvalue weighted by atomic mass is 16.6. The van der Waals surface area contributed by atoms with Gasteiger partial charge in [0.2, 0.25) is 0 Å². The first-order chi connectivity index (χ1) is 9.41. The highest BCUT2D eigenvalue weighted by Crippen LogP contribution is 2.36. The van der Waals surface area contributed by atoms with E-state index in [1.807, 2.05) is 0 Å². The van der Waals surface area contributed by atoms with Gasteiger partial charge in [-0.3, -0.25) is 10.1 Å². The van der Waals surface area contributed by atoms with E-state index in [-0.39, 0.29) is 10.6 Å². The molecular formula is C15H22N2O3. The molecule has 1 aliphatic rings. The second-order valence-electron chi connectivity index (χ2n) is 5.73. The average Bonchev–Trinajstić information content (AvgIpc) is 2.41. The zero-order chi connectivity index (χ0) is 14.9. The molecule has 1 aromatic carbocycles. The molecule has 3 atom stereocenters. The maximum absolute atomic E-state index is 11.3. The number of nitrogens with zero attached hydrogens (tertiary/aromatic N) is 2. The molecule has 0 aliphatic carbocycles. The van der Waals surface area contributed by atoms with Crippen LogP contribution in [-0.4, -0.2) is 22.6 Å². The number of aliphatic hydroxyl groups is 1. The first-order valence-corrected chi connectivity index (χ1v) is 7.15. The van der Waals surface area contributed by atoms with Crippen LogP contribution >= 0.6 is 0 Å². The summed E-state index contributed by atoms with van der Waals surface area (Å²) >= 11 is 0. The van der Waals surface area contributed by atoms with Gasteiger partial charge in [0.15, 0.2) is 0 Å².